The molecule has 0 atom stereocenters. The van der Waals surface area contributed by atoms with Crippen LogP contribution in [0.2, 0.25) is 0 Å². The number of aromatic amines is 1. The second kappa shape index (κ2) is 2.94. The van der Waals surface area contributed by atoms with Gasteiger partial charge in [-0.3, -0.25) is 18.7 Å². The predicted octanol–water partition coefficient (Wildman–Crippen LogP) is -1.07. The molecule has 0 saturated carbocycles. The van der Waals surface area contributed by atoms with E-state index in [1.807, 2.05) is 0 Å². The monoisotopic (exact) mass is 207 g/mol. The summed E-state index contributed by atoms with van der Waals surface area (Å²) in [5.41, 5.74) is -1.31. The van der Waals surface area contributed by atoms with Crippen molar-refractivity contribution < 1.29 is 0 Å². The maximum Gasteiger partial charge on any atom is 0.331 e. The molecule has 2 rings (SSSR count). The van der Waals surface area contributed by atoms with Crippen LogP contribution < -0.4 is 16.8 Å². The highest BCUT2D eigenvalue weighted by atomic mass is 16.2. The molecule has 0 unspecified atom stereocenters. The van der Waals surface area contributed by atoms with Gasteiger partial charge in [-0.1, -0.05) is 0 Å². The number of fused-ring (bicyclic) bond motifs is 1. The van der Waals surface area contributed by atoms with Crippen LogP contribution in [0.15, 0.2) is 26.6 Å². The van der Waals surface area contributed by atoms with Crippen LogP contribution in [-0.2, 0) is 14.1 Å². The summed E-state index contributed by atoms with van der Waals surface area (Å²) >= 11 is 0. The SMILES string of the molecule is Cn1c(=O)c2cc[nH]c(=O)c2n(C)c1=O. The number of hydrogen-bond donors (Lipinski definition) is 1. The molecule has 0 radical (unpaired) electrons. The minimum atomic E-state index is -0.510. The summed E-state index contributed by atoms with van der Waals surface area (Å²) < 4.78 is 2.14. The Morgan fingerprint density at radius 3 is 2.47 bits per heavy atom. The molecule has 0 aromatic carbocycles. The van der Waals surface area contributed by atoms with Gasteiger partial charge in [0.05, 0.1) is 5.39 Å². The van der Waals surface area contributed by atoms with Crippen molar-refractivity contribution in [2.75, 3.05) is 0 Å². The van der Waals surface area contributed by atoms with E-state index in [1.165, 1.54) is 26.4 Å². The molecule has 0 fully saturated rings. The first kappa shape index (κ1) is 9.45. The van der Waals surface area contributed by atoms with E-state index in [-0.39, 0.29) is 10.9 Å². The van der Waals surface area contributed by atoms with E-state index in [2.05, 4.69) is 4.98 Å². The van der Waals surface area contributed by atoms with Crippen molar-refractivity contribution in [2.24, 2.45) is 14.1 Å². The zero-order valence-electron chi connectivity index (χ0n) is 8.27. The summed E-state index contributed by atoms with van der Waals surface area (Å²) in [5.74, 6) is 0. The van der Waals surface area contributed by atoms with E-state index in [9.17, 15) is 14.4 Å². The van der Waals surface area contributed by atoms with Crippen LogP contribution >= 0.6 is 0 Å². The van der Waals surface area contributed by atoms with Crippen molar-refractivity contribution in [3.8, 4) is 0 Å². The molecule has 6 heteroatoms. The molecule has 0 aliphatic carbocycles. The fraction of sp³-hybridized carbons (Fsp3) is 0.222. The standard InChI is InChI=1S/C9H9N3O3/c1-11-6-5(3-4-10-7(6)13)8(14)12(2)9(11)15/h3-4H,1-2H3,(H,10,13). The van der Waals surface area contributed by atoms with E-state index in [1.54, 1.807) is 0 Å². The van der Waals surface area contributed by atoms with E-state index in [4.69, 9.17) is 0 Å². The Morgan fingerprint density at radius 2 is 1.80 bits per heavy atom. The largest absolute Gasteiger partial charge is 0.331 e. The lowest BCUT2D eigenvalue weighted by molar-refractivity contribution is 0.711. The van der Waals surface area contributed by atoms with Crippen LogP contribution in [0.25, 0.3) is 10.9 Å². The topological polar surface area (TPSA) is 76.9 Å². The van der Waals surface area contributed by atoms with E-state index >= 15 is 0 Å². The van der Waals surface area contributed by atoms with Gasteiger partial charge in [-0.15, -0.1) is 0 Å². The number of nitrogens with zero attached hydrogens (tertiary/aromatic N) is 2. The van der Waals surface area contributed by atoms with Crippen molar-refractivity contribution in [2.45, 2.75) is 0 Å². The number of aromatic nitrogens is 3. The highest BCUT2D eigenvalue weighted by Gasteiger charge is 2.09. The van der Waals surface area contributed by atoms with Crippen LogP contribution in [0, 0.1) is 0 Å². The van der Waals surface area contributed by atoms with Crippen LogP contribution in [0.5, 0.6) is 0 Å². The Labute approximate surface area is 83.4 Å². The average molecular weight is 207 g/mol. The van der Waals surface area contributed by atoms with Crippen molar-refractivity contribution in [3.63, 3.8) is 0 Å². The van der Waals surface area contributed by atoms with Crippen LogP contribution in [0.4, 0.5) is 0 Å². The number of hydrogen-bond acceptors (Lipinski definition) is 3. The quantitative estimate of drug-likeness (QED) is 0.597. The van der Waals surface area contributed by atoms with Crippen molar-refractivity contribution in [1.29, 1.82) is 0 Å². The fourth-order valence-electron chi connectivity index (χ4n) is 1.56. The maximum absolute atomic E-state index is 11.7. The molecular weight excluding hydrogens is 198 g/mol. The molecule has 0 spiro atoms. The lowest BCUT2D eigenvalue weighted by atomic mass is 10.3. The summed E-state index contributed by atoms with van der Waals surface area (Å²) in [6.07, 6.45) is 1.39. The van der Waals surface area contributed by atoms with Gasteiger partial charge in [0.15, 0.2) is 0 Å². The summed E-state index contributed by atoms with van der Waals surface area (Å²) in [6, 6.07) is 1.48. The second-order valence-corrected chi connectivity index (χ2v) is 3.27. The van der Waals surface area contributed by atoms with Crippen molar-refractivity contribution in [3.05, 3.63) is 43.5 Å². The third-order valence-corrected chi connectivity index (χ3v) is 2.38. The Balaban J connectivity index is 3.31. The smallest absolute Gasteiger partial charge is 0.327 e. The van der Waals surface area contributed by atoms with Crippen molar-refractivity contribution in [1.82, 2.24) is 14.1 Å². The number of pyridine rings is 1. The third-order valence-electron chi connectivity index (χ3n) is 2.38. The minimum Gasteiger partial charge on any atom is -0.327 e. The summed E-state index contributed by atoms with van der Waals surface area (Å²) in [4.78, 5) is 37.1. The lowest BCUT2D eigenvalue weighted by Gasteiger charge is -2.05. The van der Waals surface area contributed by atoms with Crippen LogP contribution in [-0.4, -0.2) is 14.1 Å². The predicted molar refractivity (Wildman–Crippen MR) is 55.1 cm³/mol. The minimum absolute atomic E-state index is 0.102. The Morgan fingerprint density at radius 1 is 1.13 bits per heavy atom. The second-order valence-electron chi connectivity index (χ2n) is 3.27. The lowest BCUT2D eigenvalue weighted by Crippen LogP contribution is -2.38. The molecular formula is C9H9N3O3. The molecule has 6 nitrogen and oxygen atoms in total. The molecule has 0 saturated heterocycles. The Kier molecular flexibility index (Phi) is 1.85. The van der Waals surface area contributed by atoms with Gasteiger partial charge in [0.2, 0.25) is 0 Å². The molecule has 0 aliphatic rings. The summed E-state index contributed by atoms with van der Waals surface area (Å²) in [5, 5.41) is 0.239. The van der Waals surface area contributed by atoms with Crippen LogP contribution in [0.1, 0.15) is 0 Å². The number of H-pyrrole nitrogens is 1. The molecule has 78 valence electrons. The van der Waals surface area contributed by atoms with Gasteiger partial charge in [0.1, 0.15) is 5.52 Å². The Hall–Kier alpha value is -2.11. The molecule has 2 heterocycles. The molecule has 2 aromatic rings. The normalized spacial score (nSPS) is 10.8. The molecule has 0 bridgehead atoms. The number of nitrogens with one attached hydrogen (secondary N) is 1. The van der Waals surface area contributed by atoms with Crippen molar-refractivity contribution >= 4 is 10.9 Å². The van der Waals surface area contributed by atoms with Gasteiger partial charge >= 0.3 is 5.69 Å². The van der Waals surface area contributed by atoms with Gasteiger partial charge in [-0.05, 0) is 6.07 Å². The van der Waals surface area contributed by atoms with Gasteiger partial charge < -0.3 is 4.98 Å². The Bertz CT molecular complexity index is 705. The first-order valence-corrected chi connectivity index (χ1v) is 4.31. The summed E-state index contributed by atoms with van der Waals surface area (Å²) in [6.45, 7) is 0. The fourth-order valence-corrected chi connectivity index (χ4v) is 1.56. The number of aryl methyl sites for hydroxylation is 1. The molecule has 0 amide bonds. The van der Waals surface area contributed by atoms with Gasteiger partial charge in [0, 0.05) is 20.3 Å². The summed E-state index contributed by atoms with van der Waals surface area (Å²) in [7, 11) is 2.84. The molecule has 2 aromatic heterocycles. The van der Waals surface area contributed by atoms with E-state index in [0.29, 0.717) is 0 Å². The van der Waals surface area contributed by atoms with Gasteiger partial charge in [-0.25, -0.2) is 4.79 Å². The third kappa shape index (κ3) is 1.14. The van der Waals surface area contributed by atoms with E-state index < -0.39 is 16.8 Å². The first-order chi connectivity index (χ1) is 7.04. The van der Waals surface area contributed by atoms with Gasteiger partial charge in [0.25, 0.3) is 11.1 Å². The zero-order valence-corrected chi connectivity index (χ0v) is 8.27. The average Bonchev–Trinajstić information content (AvgIpc) is 2.23. The highest BCUT2D eigenvalue weighted by Crippen LogP contribution is 1.97. The molecule has 1 N–H and O–H groups in total. The van der Waals surface area contributed by atoms with Gasteiger partial charge in [-0.2, -0.15) is 0 Å². The molecule has 15 heavy (non-hydrogen) atoms. The van der Waals surface area contributed by atoms with E-state index in [0.717, 1.165) is 9.13 Å². The zero-order chi connectivity index (χ0) is 11.2. The first-order valence-electron chi connectivity index (χ1n) is 4.31. The molecule has 0 aliphatic heterocycles. The van der Waals surface area contributed by atoms with Crippen LogP contribution in [0.3, 0.4) is 0 Å². The number of rotatable bonds is 0. The highest BCUT2D eigenvalue weighted by molar-refractivity contribution is 5.76. The maximum atomic E-state index is 11.7.